The quantitative estimate of drug-likeness (QED) is 0.160. The van der Waals surface area contributed by atoms with Crippen LogP contribution >= 0.6 is 0 Å². The molecule has 266 valence electrons. The molecule has 3 aromatic heterocycles. The average Bonchev–Trinajstić information content (AvgIpc) is 3.69. The number of hydrogen-bond acceptors (Lipinski definition) is 8. The van der Waals surface area contributed by atoms with Crippen molar-refractivity contribution in [1.82, 2.24) is 24.8 Å². The molecule has 2 N–H and O–H groups in total. The summed E-state index contributed by atoms with van der Waals surface area (Å²) in [5.74, 6) is 0.321. The van der Waals surface area contributed by atoms with Gasteiger partial charge in [-0.3, -0.25) is 14.7 Å². The van der Waals surface area contributed by atoms with E-state index in [4.69, 9.17) is 24.5 Å². The number of rotatable bonds is 12. The third-order valence-corrected chi connectivity index (χ3v) is 10.3. The first-order chi connectivity index (χ1) is 24.0. The number of nitrogens with one attached hydrogen (secondary N) is 1. The molecule has 0 spiro atoms. The van der Waals surface area contributed by atoms with Gasteiger partial charge < -0.3 is 24.5 Å². The van der Waals surface area contributed by atoms with E-state index in [-0.39, 0.29) is 29.7 Å². The van der Waals surface area contributed by atoms with Crippen LogP contribution in [0.1, 0.15) is 68.5 Å². The van der Waals surface area contributed by atoms with Gasteiger partial charge in [0, 0.05) is 62.4 Å². The van der Waals surface area contributed by atoms with Crippen molar-refractivity contribution >= 4 is 22.8 Å². The van der Waals surface area contributed by atoms with Crippen LogP contribution < -0.4 is 9.64 Å². The molecule has 2 aliphatic carbocycles. The SMILES string of the molecule is COCC1(CN(C)c2cc(-c3cnc(C4CC4)c(C(F)(F)F)c3)nc3nc(-c4ccc(OC5CCN(CC(=O)O)CC5)cc4)[nH]c23)CCCC1. The number of halogens is 3. The minimum absolute atomic E-state index is 0.00442. The van der Waals surface area contributed by atoms with Gasteiger partial charge in [-0.25, -0.2) is 9.97 Å². The number of imidazole rings is 1. The van der Waals surface area contributed by atoms with Crippen LogP contribution in [0.15, 0.2) is 42.6 Å². The number of likely N-dealkylation sites (tertiary alicyclic amines) is 1. The highest BCUT2D eigenvalue weighted by atomic mass is 19.4. The smallest absolute Gasteiger partial charge is 0.418 e. The number of aromatic amines is 1. The first-order valence-corrected chi connectivity index (χ1v) is 17.4. The molecule has 0 unspecified atom stereocenters. The van der Waals surface area contributed by atoms with Gasteiger partial charge in [-0.15, -0.1) is 0 Å². The van der Waals surface area contributed by atoms with E-state index in [0.717, 1.165) is 62.6 Å². The van der Waals surface area contributed by atoms with Crippen LogP contribution in [0.5, 0.6) is 5.75 Å². The van der Waals surface area contributed by atoms with Crippen molar-refractivity contribution in [1.29, 1.82) is 0 Å². The van der Waals surface area contributed by atoms with Gasteiger partial charge in [0.15, 0.2) is 5.65 Å². The Morgan fingerprint density at radius 2 is 1.78 bits per heavy atom. The van der Waals surface area contributed by atoms with Gasteiger partial charge >= 0.3 is 12.1 Å². The van der Waals surface area contributed by atoms with Gasteiger partial charge in [-0.05, 0) is 74.9 Å². The van der Waals surface area contributed by atoms with Crippen LogP contribution in [-0.4, -0.2) is 89.0 Å². The summed E-state index contributed by atoms with van der Waals surface area (Å²) in [6, 6.07) is 10.6. The topological polar surface area (TPSA) is 117 Å². The zero-order valence-electron chi connectivity index (χ0n) is 28.4. The number of carboxylic acid groups (broad SMARTS) is 1. The third-order valence-electron chi connectivity index (χ3n) is 10.3. The molecule has 0 atom stereocenters. The number of methoxy groups -OCH3 is 1. The molecule has 4 aromatic rings. The molecule has 1 aromatic carbocycles. The Morgan fingerprint density at radius 3 is 2.42 bits per heavy atom. The van der Waals surface area contributed by atoms with Crippen LogP contribution in [0.2, 0.25) is 0 Å². The maximum absolute atomic E-state index is 14.2. The summed E-state index contributed by atoms with van der Waals surface area (Å²) in [5, 5.41) is 9.06. The summed E-state index contributed by atoms with van der Waals surface area (Å²) in [4.78, 5) is 32.5. The van der Waals surface area contributed by atoms with Gasteiger partial charge in [0.2, 0.25) is 0 Å². The number of nitrogens with zero attached hydrogens (tertiary/aromatic N) is 5. The van der Waals surface area contributed by atoms with Gasteiger partial charge in [0.05, 0.1) is 35.8 Å². The number of pyridine rings is 2. The number of carboxylic acids is 1. The summed E-state index contributed by atoms with van der Waals surface area (Å²) < 4.78 is 54.5. The number of alkyl halides is 3. The summed E-state index contributed by atoms with van der Waals surface area (Å²) >= 11 is 0. The van der Waals surface area contributed by atoms with E-state index in [9.17, 15) is 18.0 Å². The summed E-state index contributed by atoms with van der Waals surface area (Å²) in [6.45, 7) is 2.72. The van der Waals surface area contributed by atoms with Crippen molar-refractivity contribution in [2.75, 3.05) is 51.8 Å². The molecule has 1 aliphatic heterocycles. The van der Waals surface area contributed by atoms with Gasteiger partial charge in [-0.1, -0.05) is 12.8 Å². The largest absolute Gasteiger partial charge is 0.490 e. The van der Waals surface area contributed by atoms with Crippen molar-refractivity contribution in [3.63, 3.8) is 0 Å². The molecule has 3 fully saturated rings. The molecule has 1 saturated heterocycles. The number of aromatic nitrogens is 4. The predicted molar refractivity (Wildman–Crippen MR) is 183 cm³/mol. The van der Waals surface area contributed by atoms with E-state index in [0.29, 0.717) is 60.2 Å². The molecule has 3 aliphatic rings. The fourth-order valence-electron chi connectivity index (χ4n) is 7.71. The lowest BCUT2D eigenvalue weighted by molar-refractivity contribution is -0.139. The lowest BCUT2D eigenvalue weighted by atomic mass is 9.86. The normalized spacial score (nSPS) is 18.5. The summed E-state index contributed by atoms with van der Waals surface area (Å²) in [7, 11) is 3.73. The van der Waals surface area contributed by atoms with Gasteiger partial charge in [0.1, 0.15) is 23.2 Å². The number of benzene rings is 1. The molecule has 4 heterocycles. The van der Waals surface area contributed by atoms with E-state index >= 15 is 0 Å². The molecule has 0 bridgehead atoms. The number of aliphatic carboxylic acids is 1. The summed E-state index contributed by atoms with van der Waals surface area (Å²) in [5.41, 5.74) is 2.76. The Balaban J connectivity index is 1.20. The Kier molecular flexibility index (Phi) is 9.46. The molecule has 0 radical (unpaired) electrons. The lowest BCUT2D eigenvalue weighted by Crippen LogP contribution is -2.40. The number of piperidine rings is 1. The molecule has 7 rings (SSSR count). The fraction of sp³-hybridized carbons (Fsp3) is 0.514. The highest BCUT2D eigenvalue weighted by Gasteiger charge is 2.40. The van der Waals surface area contributed by atoms with Crippen molar-refractivity contribution in [2.45, 2.75) is 69.6 Å². The number of hydrogen-bond donors (Lipinski definition) is 2. The van der Waals surface area contributed by atoms with Crippen molar-refractivity contribution in [2.24, 2.45) is 5.41 Å². The number of H-pyrrole nitrogens is 1. The maximum Gasteiger partial charge on any atom is 0.418 e. The number of ether oxygens (including phenoxy) is 2. The number of carbonyl (C=O) groups is 1. The zero-order valence-corrected chi connectivity index (χ0v) is 28.4. The second kappa shape index (κ2) is 13.8. The summed E-state index contributed by atoms with van der Waals surface area (Å²) in [6.07, 6.45) is 4.26. The number of fused-ring (bicyclic) bond motifs is 1. The zero-order chi connectivity index (χ0) is 35.0. The molecular weight excluding hydrogens is 649 g/mol. The molecule has 50 heavy (non-hydrogen) atoms. The van der Waals surface area contributed by atoms with E-state index in [2.05, 4.69) is 14.9 Å². The number of anilines is 1. The Bertz CT molecular complexity index is 1830. The van der Waals surface area contributed by atoms with Crippen molar-refractivity contribution in [3.8, 4) is 28.4 Å². The van der Waals surface area contributed by atoms with Crippen molar-refractivity contribution in [3.05, 3.63) is 53.9 Å². The van der Waals surface area contributed by atoms with E-state index in [1.165, 1.54) is 12.3 Å². The molecule has 2 saturated carbocycles. The van der Waals surface area contributed by atoms with Gasteiger partial charge in [-0.2, -0.15) is 13.2 Å². The standard InChI is InChI=1S/C37H43F3N6O4/c1-45(21-36(22-49-2)13-3-4-14-36)30-18-29(25-17-28(37(38,39)40)32(41-19-25)23-5-6-23)42-35-33(30)43-34(44-35)24-7-9-26(10-8-24)50-27-11-15-46(16-12-27)20-31(47)48/h7-10,17-19,23,27H,3-6,11-16,20-22H2,1-2H3,(H,47,48)(H,42,43,44). The molecular formula is C37H43F3N6O4. The Labute approximate surface area is 289 Å². The highest BCUT2D eigenvalue weighted by Crippen LogP contribution is 2.46. The average molecular weight is 693 g/mol. The Morgan fingerprint density at radius 1 is 1.06 bits per heavy atom. The first-order valence-electron chi connectivity index (χ1n) is 17.4. The molecule has 13 heteroatoms. The van der Waals surface area contributed by atoms with E-state index in [1.807, 2.05) is 42.3 Å². The first kappa shape index (κ1) is 34.2. The van der Waals surface area contributed by atoms with E-state index in [1.54, 1.807) is 7.11 Å². The highest BCUT2D eigenvalue weighted by molar-refractivity contribution is 5.91. The third kappa shape index (κ3) is 7.44. The fourth-order valence-corrected chi connectivity index (χ4v) is 7.71. The second-order valence-corrected chi connectivity index (χ2v) is 14.2. The van der Waals surface area contributed by atoms with Crippen LogP contribution in [0.4, 0.5) is 18.9 Å². The maximum atomic E-state index is 14.2. The second-order valence-electron chi connectivity index (χ2n) is 14.2. The predicted octanol–water partition coefficient (Wildman–Crippen LogP) is 7.15. The van der Waals surface area contributed by atoms with Crippen LogP contribution in [0.3, 0.4) is 0 Å². The minimum atomic E-state index is -4.52. The van der Waals surface area contributed by atoms with Gasteiger partial charge in [0.25, 0.3) is 0 Å². The molecule has 0 amide bonds. The van der Waals surface area contributed by atoms with Crippen LogP contribution in [-0.2, 0) is 15.7 Å². The monoisotopic (exact) mass is 692 g/mol. The molecule has 10 nitrogen and oxygen atoms in total. The lowest BCUT2D eigenvalue weighted by Gasteiger charge is -2.34. The van der Waals surface area contributed by atoms with Crippen molar-refractivity contribution < 1.29 is 32.5 Å². The van der Waals surface area contributed by atoms with E-state index < -0.39 is 17.7 Å². The Hall–Kier alpha value is -4.23. The van der Waals surface area contributed by atoms with Crippen LogP contribution in [0.25, 0.3) is 33.8 Å². The van der Waals surface area contributed by atoms with Crippen LogP contribution in [0, 0.1) is 5.41 Å². The minimum Gasteiger partial charge on any atom is -0.490 e.